The molecule has 1 aliphatic rings. The minimum atomic E-state index is -0.540. The Morgan fingerprint density at radius 3 is 2.60 bits per heavy atom. The van der Waals surface area contributed by atoms with E-state index in [0.29, 0.717) is 18.8 Å². The van der Waals surface area contributed by atoms with Crippen molar-refractivity contribution in [2.45, 2.75) is 64.2 Å². The van der Waals surface area contributed by atoms with Gasteiger partial charge in [-0.25, -0.2) is 18.4 Å². The average molecular weight is 488 g/mol. The van der Waals surface area contributed by atoms with Crippen LogP contribution in [-0.2, 0) is 11.3 Å². The SMILES string of the molecule is COCCn1nnnc1-c1cc(Nc2ncc(F)c(NC3CC(C)(C)NC(C)(C)C3)n2)ccc1F. The quantitative estimate of drug-likeness (QED) is 0.439. The van der Waals surface area contributed by atoms with Gasteiger partial charge in [0, 0.05) is 29.9 Å². The van der Waals surface area contributed by atoms with E-state index in [-0.39, 0.29) is 40.3 Å². The Morgan fingerprint density at radius 1 is 1.14 bits per heavy atom. The van der Waals surface area contributed by atoms with Gasteiger partial charge in [0.15, 0.2) is 17.5 Å². The van der Waals surface area contributed by atoms with Crippen LogP contribution in [0.3, 0.4) is 0 Å². The van der Waals surface area contributed by atoms with Gasteiger partial charge in [0.05, 0.1) is 24.9 Å². The second-order valence-corrected chi connectivity index (χ2v) is 10.1. The smallest absolute Gasteiger partial charge is 0.229 e. The zero-order chi connectivity index (χ0) is 25.2. The lowest BCUT2D eigenvalue weighted by molar-refractivity contribution is 0.170. The lowest BCUT2D eigenvalue weighted by atomic mass is 9.79. The van der Waals surface area contributed by atoms with Crippen molar-refractivity contribution in [2.24, 2.45) is 0 Å². The fourth-order valence-corrected chi connectivity index (χ4v) is 4.78. The van der Waals surface area contributed by atoms with E-state index in [1.165, 1.54) is 10.7 Å². The maximum Gasteiger partial charge on any atom is 0.229 e. The van der Waals surface area contributed by atoms with Gasteiger partial charge in [-0.2, -0.15) is 4.98 Å². The van der Waals surface area contributed by atoms with Gasteiger partial charge in [-0.05, 0) is 69.2 Å². The third-order valence-electron chi connectivity index (χ3n) is 5.78. The first kappa shape index (κ1) is 24.9. The molecule has 4 rings (SSSR count). The molecule has 0 spiro atoms. The van der Waals surface area contributed by atoms with Crippen LogP contribution in [0.25, 0.3) is 11.4 Å². The monoisotopic (exact) mass is 487 g/mol. The largest absolute Gasteiger partial charge is 0.383 e. The summed E-state index contributed by atoms with van der Waals surface area (Å²) in [6.45, 7) is 9.26. The van der Waals surface area contributed by atoms with E-state index >= 15 is 0 Å². The number of tetrazole rings is 1. The Labute approximate surface area is 202 Å². The van der Waals surface area contributed by atoms with Crippen LogP contribution in [0.2, 0.25) is 0 Å². The van der Waals surface area contributed by atoms with Crippen LogP contribution in [-0.4, -0.2) is 61.0 Å². The molecule has 3 N–H and O–H groups in total. The number of halogens is 2. The highest BCUT2D eigenvalue weighted by Crippen LogP contribution is 2.31. The Kier molecular flexibility index (Phi) is 6.95. The second-order valence-electron chi connectivity index (χ2n) is 10.1. The molecule has 3 aromatic rings. The molecular weight excluding hydrogens is 456 g/mol. The molecule has 0 atom stereocenters. The molecule has 35 heavy (non-hydrogen) atoms. The third kappa shape index (κ3) is 6.06. The van der Waals surface area contributed by atoms with Gasteiger partial charge >= 0.3 is 0 Å². The Morgan fingerprint density at radius 2 is 1.89 bits per heavy atom. The van der Waals surface area contributed by atoms with E-state index in [0.717, 1.165) is 19.0 Å². The van der Waals surface area contributed by atoms with Crippen LogP contribution in [0.5, 0.6) is 0 Å². The molecule has 0 bridgehead atoms. The summed E-state index contributed by atoms with van der Waals surface area (Å²) in [5.74, 6) is -0.462. The van der Waals surface area contributed by atoms with Crippen molar-refractivity contribution in [3.05, 3.63) is 36.0 Å². The van der Waals surface area contributed by atoms with Crippen molar-refractivity contribution >= 4 is 17.5 Å². The molecule has 10 nitrogen and oxygen atoms in total. The van der Waals surface area contributed by atoms with E-state index in [2.05, 4.69) is 69.1 Å². The molecule has 0 unspecified atom stereocenters. The molecule has 0 radical (unpaired) electrons. The van der Waals surface area contributed by atoms with E-state index < -0.39 is 11.6 Å². The molecule has 3 heterocycles. The maximum atomic E-state index is 14.6. The number of piperidine rings is 1. The molecule has 1 saturated heterocycles. The van der Waals surface area contributed by atoms with Crippen molar-refractivity contribution in [3.63, 3.8) is 0 Å². The predicted molar refractivity (Wildman–Crippen MR) is 128 cm³/mol. The highest BCUT2D eigenvalue weighted by molar-refractivity contribution is 5.66. The maximum absolute atomic E-state index is 14.6. The van der Waals surface area contributed by atoms with Gasteiger partial charge in [-0.15, -0.1) is 5.10 Å². The van der Waals surface area contributed by atoms with Gasteiger partial charge in [0.2, 0.25) is 5.95 Å². The van der Waals surface area contributed by atoms with E-state index in [1.807, 2.05) is 0 Å². The molecule has 0 amide bonds. The zero-order valence-corrected chi connectivity index (χ0v) is 20.6. The number of aromatic nitrogens is 6. The lowest BCUT2D eigenvalue weighted by Crippen LogP contribution is -2.60. The molecule has 1 aliphatic heterocycles. The summed E-state index contributed by atoms with van der Waals surface area (Å²) in [6, 6.07) is 4.43. The Bertz CT molecular complexity index is 1170. The lowest BCUT2D eigenvalue weighted by Gasteiger charge is -2.46. The number of hydrogen-bond donors (Lipinski definition) is 3. The van der Waals surface area contributed by atoms with Crippen molar-refractivity contribution in [2.75, 3.05) is 24.4 Å². The second kappa shape index (κ2) is 9.78. The summed E-state index contributed by atoms with van der Waals surface area (Å²) in [5, 5.41) is 21.4. The van der Waals surface area contributed by atoms with Gasteiger partial charge < -0.3 is 20.7 Å². The first-order valence-electron chi connectivity index (χ1n) is 11.5. The third-order valence-corrected chi connectivity index (χ3v) is 5.78. The number of nitrogens with one attached hydrogen (secondary N) is 3. The van der Waals surface area contributed by atoms with Crippen molar-refractivity contribution < 1.29 is 13.5 Å². The minimum Gasteiger partial charge on any atom is -0.383 e. The van der Waals surface area contributed by atoms with Gasteiger partial charge in [0.25, 0.3) is 0 Å². The molecule has 1 aromatic carbocycles. The summed E-state index contributed by atoms with van der Waals surface area (Å²) in [6.07, 6.45) is 2.73. The van der Waals surface area contributed by atoms with Gasteiger partial charge in [-0.1, -0.05) is 0 Å². The Balaban J connectivity index is 1.54. The van der Waals surface area contributed by atoms with Crippen LogP contribution in [0.1, 0.15) is 40.5 Å². The van der Waals surface area contributed by atoms with Crippen LogP contribution < -0.4 is 16.0 Å². The summed E-state index contributed by atoms with van der Waals surface area (Å²) in [7, 11) is 1.56. The number of benzene rings is 1. The molecule has 1 fully saturated rings. The van der Waals surface area contributed by atoms with Crippen LogP contribution in [0.15, 0.2) is 24.4 Å². The number of rotatable bonds is 8. The van der Waals surface area contributed by atoms with Crippen molar-refractivity contribution in [1.29, 1.82) is 0 Å². The summed E-state index contributed by atoms with van der Waals surface area (Å²) < 4.78 is 35.7. The first-order valence-corrected chi connectivity index (χ1v) is 11.5. The molecule has 0 saturated carbocycles. The zero-order valence-electron chi connectivity index (χ0n) is 20.6. The fraction of sp³-hybridized carbons (Fsp3) is 0.522. The number of hydrogen-bond acceptors (Lipinski definition) is 9. The normalized spacial score (nSPS) is 17.3. The van der Waals surface area contributed by atoms with Crippen LogP contribution in [0, 0.1) is 11.6 Å². The van der Waals surface area contributed by atoms with E-state index in [4.69, 9.17) is 4.74 Å². The molecule has 188 valence electrons. The first-order chi connectivity index (χ1) is 16.5. The van der Waals surface area contributed by atoms with Gasteiger partial charge in [-0.3, -0.25) is 0 Å². The molecule has 2 aromatic heterocycles. The molecular formula is C23H31F2N9O. The summed E-state index contributed by atoms with van der Waals surface area (Å²) in [4.78, 5) is 8.40. The minimum absolute atomic E-state index is 0.0295. The predicted octanol–water partition coefficient (Wildman–Crippen LogP) is 3.52. The van der Waals surface area contributed by atoms with Crippen molar-refractivity contribution in [1.82, 2.24) is 35.5 Å². The van der Waals surface area contributed by atoms with E-state index in [9.17, 15) is 8.78 Å². The number of anilines is 3. The van der Waals surface area contributed by atoms with E-state index in [1.54, 1.807) is 19.2 Å². The molecule has 0 aliphatic carbocycles. The van der Waals surface area contributed by atoms with Crippen molar-refractivity contribution in [3.8, 4) is 11.4 Å². The topological polar surface area (TPSA) is 115 Å². The van der Waals surface area contributed by atoms with Gasteiger partial charge in [0.1, 0.15) is 5.82 Å². The summed E-state index contributed by atoms with van der Waals surface area (Å²) in [5.41, 5.74) is 0.500. The standard InChI is InChI=1S/C23H31F2N9O/c1-22(2)11-15(12-23(3,4)31-22)27-19-18(25)13-26-21(29-19)28-14-6-7-17(24)16(10-14)20-30-32-33-34(20)8-9-35-5/h6-7,10,13,15,31H,8-9,11-12H2,1-5H3,(H2,26,27,28,29). The fourth-order valence-electron chi connectivity index (χ4n) is 4.78. The number of nitrogens with zero attached hydrogens (tertiary/aromatic N) is 6. The Hall–Kier alpha value is -3.25. The summed E-state index contributed by atoms with van der Waals surface area (Å²) >= 11 is 0. The van der Waals surface area contributed by atoms with Crippen LogP contribution in [0.4, 0.5) is 26.2 Å². The average Bonchev–Trinajstić information content (AvgIpc) is 3.22. The molecule has 12 heteroatoms. The van der Waals surface area contributed by atoms with Crippen LogP contribution >= 0.6 is 0 Å². The number of methoxy groups -OCH3 is 1. The highest BCUT2D eigenvalue weighted by atomic mass is 19.1. The number of ether oxygens (including phenoxy) is 1. The highest BCUT2D eigenvalue weighted by Gasteiger charge is 2.38.